The standard InChI is InChI=1S/C22H25N5O/c23-14-4-2-5-15(11-14)25-20-8-7-13-3-1-6-16(21(13)27-20)19-12-17-18(26-19)9-10-24-22(17)28/h1,3,6-8,12,14-15,26H,2,4-5,9-11,23H2,(H,24,28)(H,25,27)/t14-,15+/m1/s1. The summed E-state index contributed by atoms with van der Waals surface area (Å²) in [5.74, 6) is 0.876. The van der Waals surface area contributed by atoms with E-state index >= 15 is 0 Å². The lowest BCUT2D eigenvalue weighted by Crippen LogP contribution is -2.35. The molecule has 0 unspecified atom stereocenters. The summed E-state index contributed by atoms with van der Waals surface area (Å²) in [4.78, 5) is 20.5. The molecular weight excluding hydrogens is 350 g/mol. The SMILES string of the molecule is N[C@@H]1CCC[C@H](Nc2ccc3cccc(-c4cc5c([nH]4)CCNC5=O)c3n2)C1. The molecule has 0 radical (unpaired) electrons. The van der Waals surface area contributed by atoms with E-state index in [2.05, 4.69) is 33.8 Å². The first-order valence-corrected chi connectivity index (χ1v) is 10.1. The van der Waals surface area contributed by atoms with Crippen LogP contribution in [0.15, 0.2) is 36.4 Å². The topological polar surface area (TPSA) is 95.8 Å². The summed E-state index contributed by atoms with van der Waals surface area (Å²) in [7, 11) is 0. The molecule has 1 aliphatic heterocycles. The number of nitrogens with zero attached hydrogens (tertiary/aromatic N) is 1. The number of hydrogen-bond acceptors (Lipinski definition) is 4. The molecule has 6 heteroatoms. The van der Waals surface area contributed by atoms with Crippen LogP contribution in [0.25, 0.3) is 22.2 Å². The highest BCUT2D eigenvalue weighted by atomic mass is 16.1. The Morgan fingerprint density at radius 3 is 2.93 bits per heavy atom. The third kappa shape index (κ3) is 3.14. The van der Waals surface area contributed by atoms with Crippen LogP contribution in [0.1, 0.15) is 41.7 Å². The molecule has 3 aromatic rings. The second-order valence-corrected chi connectivity index (χ2v) is 7.92. The van der Waals surface area contributed by atoms with E-state index in [0.29, 0.717) is 12.6 Å². The normalized spacial score (nSPS) is 22.0. The molecule has 144 valence electrons. The number of para-hydroxylation sites is 1. The average Bonchev–Trinajstić information content (AvgIpc) is 3.13. The van der Waals surface area contributed by atoms with Gasteiger partial charge < -0.3 is 21.4 Å². The van der Waals surface area contributed by atoms with Gasteiger partial charge in [-0.2, -0.15) is 0 Å². The number of pyridine rings is 1. The van der Waals surface area contributed by atoms with Crippen LogP contribution in [-0.2, 0) is 6.42 Å². The Balaban J connectivity index is 1.52. The number of carbonyl (C=O) groups excluding carboxylic acids is 1. The number of rotatable bonds is 3. The number of fused-ring (bicyclic) bond motifs is 2. The zero-order chi connectivity index (χ0) is 19.1. The minimum absolute atomic E-state index is 0.00654. The Morgan fingerprint density at radius 1 is 1.14 bits per heavy atom. The molecule has 2 aromatic heterocycles. The molecule has 6 nitrogen and oxygen atoms in total. The van der Waals surface area contributed by atoms with E-state index in [-0.39, 0.29) is 11.9 Å². The highest BCUT2D eigenvalue weighted by molar-refractivity contribution is 6.00. The molecule has 0 saturated heterocycles. The van der Waals surface area contributed by atoms with Gasteiger partial charge >= 0.3 is 0 Å². The van der Waals surface area contributed by atoms with Crippen molar-refractivity contribution in [3.63, 3.8) is 0 Å². The maximum Gasteiger partial charge on any atom is 0.253 e. The highest BCUT2D eigenvalue weighted by Gasteiger charge is 2.22. The van der Waals surface area contributed by atoms with E-state index < -0.39 is 0 Å². The van der Waals surface area contributed by atoms with Gasteiger partial charge in [0.25, 0.3) is 5.91 Å². The van der Waals surface area contributed by atoms with Crippen molar-refractivity contribution in [2.24, 2.45) is 5.73 Å². The molecule has 2 aliphatic rings. The van der Waals surface area contributed by atoms with E-state index in [1.54, 1.807) is 0 Å². The number of nitrogens with two attached hydrogens (primary N) is 1. The fourth-order valence-electron chi connectivity index (χ4n) is 4.45. The van der Waals surface area contributed by atoms with Crippen molar-refractivity contribution < 1.29 is 4.79 Å². The van der Waals surface area contributed by atoms with Crippen LogP contribution >= 0.6 is 0 Å². The molecule has 0 bridgehead atoms. The van der Waals surface area contributed by atoms with Gasteiger partial charge in [0.05, 0.1) is 11.1 Å². The molecule has 5 rings (SSSR count). The Morgan fingerprint density at radius 2 is 2.07 bits per heavy atom. The second kappa shape index (κ2) is 6.95. The summed E-state index contributed by atoms with van der Waals surface area (Å²) >= 11 is 0. The molecular formula is C22H25N5O. The van der Waals surface area contributed by atoms with Crippen molar-refractivity contribution >= 4 is 22.6 Å². The predicted octanol–water partition coefficient (Wildman–Crippen LogP) is 3.20. The lowest BCUT2D eigenvalue weighted by atomic mass is 9.91. The monoisotopic (exact) mass is 375 g/mol. The van der Waals surface area contributed by atoms with Crippen LogP contribution in [0.2, 0.25) is 0 Å². The van der Waals surface area contributed by atoms with Crippen molar-refractivity contribution in [1.29, 1.82) is 0 Å². The summed E-state index contributed by atoms with van der Waals surface area (Å²) < 4.78 is 0. The van der Waals surface area contributed by atoms with Gasteiger partial charge in [0.15, 0.2) is 0 Å². The minimum Gasteiger partial charge on any atom is -0.367 e. The van der Waals surface area contributed by atoms with Gasteiger partial charge in [-0.05, 0) is 43.9 Å². The van der Waals surface area contributed by atoms with Gasteiger partial charge in [-0.25, -0.2) is 4.98 Å². The zero-order valence-corrected chi connectivity index (χ0v) is 15.8. The molecule has 1 saturated carbocycles. The molecule has 1 aliphatic carbocycles. The second-order valence-electron chi connectivity index (χ2n) is 7.92. The third-order valence-corrected chi connectivity index (χ3v) is 5.88. The molecule has 2 atom stereocenters. The third-order valence-electron chi connectivity index (χ3n) is 5.88. The number of aromatic nitrogens is 2. The van der Waals surface area contributed by atoms with Crippen LogP contribution < -0.4 is 16.4 Å². The average molecular weight is 375 g/mol. The quantitative estimate of drug-likeness (QED) is 0.565. The van der Waals surface area contributed by atoms with E-state index in [1.807, 2.05) is 18.2 Å². The van der Waals surface area contributed by atoms with Gasteiger partial charge in [0.1, 0.15) is 5.82 Å². The Bertz CT molecular complexity index is 1040. The minimum atomic E-state index is -0.00654. The van der Waals surface area contributed by atoms with Gasteiger partial charge in [0.2, 0.25) is 0 Å². The molecule has 1 amide bonds. The van der Waals surface area contributed by atoms with Gasteiger partial charge in [-0.3, -0.25) is 4.79 Å². The number of benzene rings is 1. The van der Waals surface area contributed by atoms with Crippen molar-refractivity contribution in [3.8, 4) is 11.3 Å². The summed E-state index contributed by atoms with van der Waals surface area (Å²) in [6, 6.07) is 12.9. The smallest absolute Gasteiger partial charge is 0.253 e. The van der Waals surface area contributed by atoms with Crippen LogP contribution in [0.4, 0.5) is 5.82 Å². The first-order valence-electron chi connectivity index (χ1n) is 10.1. The van der Waals surface area contributed by atoms with E-state index in [4.69, 9.17) is 10.7 Å². The summed E-state index contributed by atoms with van der Waals surface area (Å²) in [5, 5.41) is 7.56. The first kappa shape index (κ1) is 17.3. The first-order chi connectivity index (χ1) is 13.7. The highest BCUT2D eigenvalue weighted by Crippen LogP contribution is 2.31. The lowest BCUT2D eigenvalue weighted by Gasteiger charge is -2.27. The van der Waals surface area contributed by atoms with Crippen molar-refractivity contribution in [2.45, 2.75) is 44.2 Å². The Hall–Kier alpha value is -2.86. The maximum atomic E-state index is 12.1. The summed E-state index contributed by atoms with van der Waals surface area (Å²) in [5.41, 5.74) is 10.8. The van der Waals surface area contributed by atoms with Crippen LogP contribution in [0.5, 0.6) is 0 Å². The van der Waals surface area contributed by atoms with Crippen molar-refractivity contribution in [2.75, 3.05) is 11.9 Å². The fraction of sp³-hybridized carbons (Fsp3) is 0.364. The van der Waals surface area contributed by atoms with E-state index in [9.17, 15) is 4.79 Å². The summed E-state index contributed by atoms with van der Waals surface area (Å²) in [6.07, 6.45) is 5.22. The fourth-order valence-corrected chi connectivity index (χ4v) is 4.45. The number of nitrogens with one attached hydrogen (secondary N) is 3. The molecule has 1 fully saturated rings. The molecule has 3 heterocycles. The van der Waals surface area contributed by atoms with Gasteiger partial charge in [-0.15, -0.1) is 0 Å². The van der Waals surface area contributed by atoms with Crippen LogP contribution in [0, 0.1) is 0 Å². The molecule has 0 spiro atoms. The Labute approximate surface area is 163 Å². The summed E-state index contributed by atoms with van der Waals surface area (Å²) in [6.45, 7) is 0.678. The predicted molar refractivity (Wildman–Crippen MR) is 111 cm³/mol. The number of carbonyl (C=O) groups is 1. The molecule has 28 heavy (non-hydrogen) atoms. The zero-order valence-electron chi connectivity index (χ0n) is 15.8. The number of aromatic amines is 1. The number of hydrogen-bond donors (Lipinski definition) is 4. The largest absolute Gasteiger partial charge is 0.367 e. The number of anilines is 1. The van der Waals surface area contributed by atoms with E-state index in [0.717, 1.165) is 71.3 Å². The van der Waals surface area contributed by atoms with Crippen LogP contribution in [-0.4, -0.2) is 34.5 Å². The van der Waals surface area contributed by atoms with Crippen LogP contribution in [0.3, 0.4) is 0 Å². The Kier molecular flexibility index (Phi) is 4.28. The van der Waals surface area contributed by atoms with Gasteiger partial charge in [0, 0.05) is 47.4 Å². The molecule has 1 aromatic carbocycles. The number of H-pyrrole nitrogens is 1. The van der Waals surface area contributed by atoms with E-state index in [1.165, 1.54) is 0 Å². The maximum absolute atomic E-state index is 12.1. The van der Waals surface area contributed by atoms with Crippen molar-refractivity contribution in [1.82, 2.24) is 15.3 Å². The van der Waals surface area contributed by atoms with Gasteiger partial charge in [-0.1, -0.05) is 18.2 Å². The van der Waals surface area contributed by atoms with Crippen molar-refractivity contribution in [3.05, 3.63) is 47.7 Å². The lowest BCUT2D eigenvalue weighted by molar-refractivity contribution is 0.0946. The molecule has 5 N–H and O–H groups in total. The number of amides is 1.